The Bertz CT molecular complexity index is 1020. The van der Waals surface area contributed by atoms with Crippen molar-refractivity contribution < 1.29 is 28.8 Å². The Balaban J connectivity index is 0.931. The Morgan fingerprint density at radius 3 is 1.11 bits per heavy atom. The van der Waals surface area contributed by atoms with Crippen LogP contribution < -0.4 is 0 Å². The molecule has 3 heterocycles. The summed E-state index contributed by atoms with van der Waals surface area (Å²) in [5.74, 6) is -2.44. The topological polar surface area (TPSA) is 115 Å². The minimum atomic E-state index is -0.323. The summed E-state index contributed by atoms with van der Waals surface area (Å²) in [4.78, 5) is 82.7. The van der Waals surface area contributed by atoms with Gasteiger partial charge in [-0.2, -0.15) is 0 Å². The SMILES string of the molecule is O=C(CN1C(=O)[C@@H]2[C@@H](C1=O)[C@H]1C=C[C@H]2C1)N1CCN(C(=O)CN2C(=O)[C@@H]3[C@H](C2=O)[C@H]2C=C[C@H]3C2)CC1. The first-order chi connectivity index (χ1) is 17.3. The van der Waals surface area contributed by atoms with Crippen molar-refractivity contribution in [2.45, 2.75) is 12.8 Å². The molecular formula is C26H28N4O6. The van der Waals surface area contributed by atoms with Gasteiger partial charge < -0.3 is 9.80 Å². The van der Waals surface area contributed by atoms with E-state index in [4.69, 9.17) is 0 Å². The number of piperazine rings is 1. The quantitative estimate of drug-likeness (QED) is 0.378. The number of rotatable bonds is 4. The normalized spacial score (nSPS) is 39.8. The Morgan fingerprint density at radius 1 is 0.556 bits per heavy atom. The fourth-order valence-corrected chi connectivity index (χ4v) is 7.92. The highest BCUT2D eigenvalue weighted by atomic mass is 16.2. The lowest BCUT2D eigenvalue weighted by atomic mass is 9.85. The summed E-state index contributed by atoms with van der Waals surface area (Å²) in [5.41, 5.74) is 0. The van der Waals surface area contributed by atoms with Crippen molar-refractivity contribution >= 4 is 35.4 Å². The van der Waals surface area contributed by atoms with E-state index in [9.17, 15) is 28.8 Å². The molecule has 0 spiro atoms. The first kappa shape index (κ1) is 21.9. The molecule has 10 heteroatoms. The number of nitrogens with zero attached hydrogens (tertiary/aromatic N) is 4. The summed E-state index contributed by atoms with van der Waals surface area (Å²) in [7, 11) is 0. The molecule has 0 aromatic heterocycles. The third kappa shape index (κ3) is 2.90. The summed E-state index contributed by atoms with van der Waals surface area (Å²) >= 11 is 0. The van der Waals surface area contributed by atoms with Gasteiger partial charge in [0, 0.05) is 26.2 Å². The molecule has 10 nitrogen and oxygen atoms in total. The second kappa shape index (κ2) is 7.60. The van der Waals surface area contributed by atoms with E-state index >= 15 is 0 Å². The highest BCUT2D eigenvalue weighted by Crippen LogP contribution is 2.53. The number of fused-ring (bicyclic) bond motifs is 10. The van der Waals surface area contributed by atoms with Crippen LogP contribution in [-0.2, 0) is 28.8 Å². The van der Waals surface area contributed by atoms with Crippen LogP contribution in [-0.4, -0.2) is 94.3 Å². The van der Waals surface area contributed by atoms with E-state index in [2.05, 4.69) is 0 Å². The molecule has 0 aromatic rings. The maximum atomic E-state index is 12.9. The van der Waals surface area contributed by atoms with Crippen molar-refractivity contribution in [1.82, 2.24) is 19.6 Å². The van der Waals surface area contributed by atoms with Gasteiger partial charge in [-0.25, -0.2) is 0 Å². The van der Waals surface area contributed by atoms with Crippen LogP contribution in [0, 0.1) is 47.3 Å². The molecular weight excluding hydrogens is 464 g/mol. The van der Waals surface area contributed by atoms with Gasteiger partial charge in [-0.15, -0.1) is 0 Å². The van der Waals surface area contributed by atoms with Crippen molar-refractivity contribution in [3.63, 3.8) is 0 Å². The average molecular weight is 493 g/mol. The first-order valence-electron chi connectivity index (χ1n) is 13.0. The molecule has 0 aromatic carbocycles. The van der Waals surface area contributed by atoms with E-state index in [-0.39, 0.29) is 122 Å². The zero-order chi connectivity index (χ0) is 24.9. The lowest BCUT2D eigenvalue weighted by Crippen LogP contribution is -2.55. The molecule has 3 aliphatic heterocycles. The number of imide groups is 2. The molecule has 2 saturated carbocycles. The number of amides is 6. The van der Waals surface area contributed by atoms with Gasteiger partial charge in [0.1, 0.15) is 13.1 Å². The molecule has 3 saturated heterocycles. The Kier molecular flexibility index (Phi) is 4.63. The zero-order valence-corrected chi connectivity index (χ0v) is 19.8. The van der Waals surface area contributed by atoms with Crippen LogP contribution in [0.1, 0.15) is 12.8 Å². The Morgan fingerprint density at radius 2 is 0.833 bits per heavy atom. The van der Waals surface area contributed by atoms with Crippen LogP contribution in [0.5, 0.6) is 0 Å². The molecule has 0 radical (unpaired) electrons. The minimum absolute atomic E-state index is 0.103. The second-order valence-electron chi connectivity index (χ2n) is 11.3. The maximum absolute atomic E-state index is 12.9. The Labute approximate surface area is 207 Å². The number of carbonyl (C=O) groups excluding carboxylic acids is 6. The molecule has 6 amide bonds. The third-order valence-electron chi connectivity index (χ3n) is 9.70. The fraction of sp³-hybridized carbons (Fsp3) is 0.615. The number of allylic oxidation sites excluding steroid dienone is 4. The predicted molar refractivity (Wildman–Crippen MR) is 122 cm³/mol. The number of carbonyl (C=O) groups is 6. The van der Waals surface area contributed by atoms with Crippen LogP contribution >= 0.6 is 0 Å². The van der Waals surface area contributed by atoms with E-state index in [1.807, 2.05) is 24.3 Å². The molecule has 4 aliphatic carbocycles. The van der Waals surface area contributed by atoms with E-state index < -0.39 is 0 Å². The minimum Gasteiger partial charge on any atom is -0.338 e. The van der Waals surface area contributed by atoms with Crippen molar-refractivity contribution in [3.8, 4) is 0 Å². The molecule has 0 N–H and O–H groups in total. The predicted octanol–water partition coefficient (Wildman–Crippen LogP) is -0.729. The highest BCUT2D eigenvalue weighted by Gasteiger charge is 2.60. The molecule has 0 unspecified atom stereocenters. The van der Waals surface area contributed by atoms with Crippen LogP contribution in [0.25, 0.3) is 0 Å². The van der Waals surface area contributed by atoms with E-state index in [1.165, 1.54) is 0 Å². The van der Waals surface area contributed by atoms with Gasteiger partial charge in [0.05, 0.1) is 23.7 Å². The van der Waals surface area contributed by atoms with E-state index in [0.717, 1.165) is 22.6 Å². The van der Waals surface area contributed by atoms with Gasteiger partial charge in [0.15, 0.2) is 0 Å². The standard InChI is InChI=1S/C26H28N4O6/c31-17(11-29-23(33)19-13-1-2-14(9-13)20(19)24(29)34)27-5-7-28(8-6-27)18(32)12-30-25(35)21-15-3-4-16(10-15)22(21)26(30)36/h1-4,13-16,19-22H,5-12H2/t13-,14-,15-,16-,19-,20-,21-,22+/m0/s1. The molecule has 8 atom stereocenters. The van der Waals surface area contributed by atoms with E-state index in [0.29, 0.717) is 0 Å². The highest BCUT2D eigenvalue weighted by molar-refractivity contribution is 6.09. The summed E-state index contributed by atoms with van der Waals surface area (Å²) in [6.45, 7) is 0.606. The molecule has 4 bridgehead atoms. The Hall–Kier alpha value is -3.30. The van der Waals surface area contributed by atoms with Gasteiger partial charge >= 0.3 is 0 Å². The van der Waals surface area contributed by atoms with Crippen molar-refractivity contribution in [2.24, 2.45) is 47.3 Å². The van der Waals surface area contributed by atoms with Crippen LogP contribution in [0.15, 0.2) is 24.3 Å². The molecule has 7 aliphatic rings. The average Bonchev–Trinajstić information content (AvgIpc) is 3.72. The second-order valence-corrected chi connectivity index (χ2v) is 11.3. The zero-order valence-electron chi connectivity index (χ0n) is 19.8. The van der Waals surface area contributed by atoms with Gasteiger partial charge in [-0.1, -0.05) is 24.3 Å². The monoisotopic (exact) mass is 492 g/mol. The number of likely N-dealkylation sites (tertiary alicyclic amines) is 2. The fourth-order valence-electron chi connectivity index (χ4n) is 7.92. The largest absolute Gasteiger partial charge is 0.338 e. The number of hydrogen-bond donors (Lipinski definition) is 0. The van der Waals surface area contributed by atoms with Gasteiger partial charge in [0.2, 0.25) is 35.4 Å². The summed E-state index contributed by atoms with van der Waals surface area (Å²) < 4.78 is 0. The lowest BCUT2D eigenvalue weighted by molar-refractivity contribution is -0.150. The molecule has 7 rings (SSSR count). The van der Waals surface area contributed by atoms with Crippen molar-refractivity contribution in [1.29, 1.82) is 0 Å². The summed E-state index contributed by atoms with van der Waals surface area (Å²) in [6.07, 6.45) is 9.78. The van der Waals surface area contributed by atoms with Crippen molar-refractivity contribution in [3.05, 3.63) is 24.3 Å². The third-order valence-corrected chi connectivity index (χ3v) is 9.70. The van der Waals surface area contributed by atoms with Gasteiger partial charge in [-0.05, 0) is 36.5 Å². The first-order valence-corrected chi connectivity index (χ1v) is 13.0. The lowest BCUT2D eigenvalue weighted by Gasteiger charge is -2.36. The van der Waals surface area contributed by atoms with Crippen molar-refractivity contribution in [2.75, 3.05) is 39.3 Å². The summed E-state index contributed by atoms with van der Waals surface area (Å²) in [5, 5.41) is 0. The van der Waals surface area contributed by atoms with E-state index in [1.54, 1.807) is 9.80 Å². The van der Waals surface area contributed by atoms with Crippen LogP contribution in [0.3, 0.4) is 0 Å². The molecule has 36 heavy (non-hydrogen) atoms. The summed E-state index contributed by atoms with van der Waals surface area (Å²) in [6, 6.07) is 0. The number of hydrogen-bond acceptors (Lipinski definition) is 6. The smallest absolute Gasteiger partial charge is 0.242 e. The molecule has 188 valence electrons. The van der Waals surface area contributed by atoms with Crippen LogP contribution in [0.2, 0.25) is 0 Å². The van der Waals surface area contributed by atoms with Gasteiger partial charge in [0.25, 0.3) is 0 Å². The van der Waals surface area contributed by atoms with Crippen LogP contribution in [0.4, 0.5) is 0 Å². The van der Waals surface area contributed by atoms with Gasteiger partial charge in [-0.3, -0.25) is 38.6 Å². The maximum Gasteiger partial charge on any atom is 0.242 e. The molecule has 5 fully saturated rings.